The number of hydrogen-bond donors (Lipinski definition) is 0. The Morgan fingerprint density at radius 1 is 1.56 bits per heavy atom. The van der Waals surface area contributed by atoms with Crippen LogP contribution in [0.5, 0.6) is 0 Å². The normalized spacial score (nSPS) is 13.7. The van der Waals surface area contributed by atoms with Crippen molar-refractivity contribution in [1.82, 2.24) is 0 Å². The van der Waals surface area contributed by atoms with E-state index in [1.54, 1.807) is 0 Å². The van der Waals surface area contributed by atoms with Crippen LogP contribution in [-0.4, -0.2) is 18.6 Å². The Bertz CT molecular complexity index is 56.9. The van der Waals surface area contributed by atoms with Crippen molar-refractivity contribution in [3.05, 3.63) is 0 Å². The summed E-state index contributed by atoms with van der Waals surface area (Å²) in [5.41, 5.74) is 0. The van der Waals surface area contributed by atoms with Crippen LogP contribution in [0.2, 0.25) is 0 Å². The molecule has 0 radical (unpaired) electrons. The molecule has 9 heavy (non-hydrogen) atoms. The fourth-order valence-electron chi connectivity index (χ4n) is 0.457. The van der Waals surface area contributed by atoms with Crippen LogP contribution < -0.4 is 0 Å². The first-order valence-electron chi connectivity index (χ1n) is 3.48. The summed E-state index contributed by atoms with van der Waals surface area (Å²) in [7, 11) is 0. The zero-order valence-corrected chi connectivity index (χ0v) is 6.95. The monoisotopic (exact) mass is 150 g/mol. The van der Waals surface area contributed by atoms with Gasteiger partial charge in [-0.2, -0.15) is 0 Å². The van der Waals surface area contributed by atoms with Crippen LogP contribution >= 0.6 is 11.6 Å². The molecule has 0 fully saturated rings. The molecule has 0 aromatic rings. The Morgan fingerprint density at radius 3 is 2.67 bits per heavy atom. The Morgan fingerprint density at radius 2 is 2.22 bits per heavy atom. The van der Waals surface area contributed by atoms with E-state index in [1.807, 2.05) is 0 Å². The third kappa shape index (κ3) is 6.13. The van der Waals surface area contributed by atoms with E-state index in [9.17, 15) is 0 Å². The van der Waals surface area contributed by atoms with Crippen molar-refractivity contribution in [1.29, 1.82) is 0 Å². The summed E-state index contributed by atoms with van der Waals surface area (Å²) in [6.07, 6.45) is 2.45. The van der Waals surface area contributed by atoms with Gasteiger partial charge >= 0.3 is 0 Å². The van der Waals surface area contributed by atoms with Crippen LogP contribution in [0.4, 0.5) is 0 Å². The number of alkyl halides is 1. The third-order valence-corrected chi connectivity index (χ3v) is 1.52. The molecule has 2 heteroatoms. The van der Waals surface area contributed by atoms with Gasteiger partial charge in [0.1, 0.15) is 0 Å². The number of ether oxygens (including phenoxy) is 1. The fraction of sp³-hybridized carbons (Fsp3) is 1.00. The van der Waals surface area contributed by atoms with Gasteiger partial charge in [-0.05, 0) is 19.8 Å². The second-order valence-electron chi connectivity index (χ2n) is 2.13. The van der Waals surface area contributed by atoms with E-state index >= 15 is 0 Å². The lowest BCUT2D eigenvalue weighted by Gasteiger charge is -2.08. The van der Waals surface area contributed by atoms with Crippen LogP contribution in [0.15, 0.2) is 0 Å². The first kappa shape index (κ1) is 9.25. The van der Waals surface area contributed by atoms with Crippen molar-refractivity contribution in [2.75, 3.05) is 12.5 Å². The van der Waals surface area contributed by atoms with Gasteiger partial charge in [0.15, 0.2) is 0 Å². The first-order chi connectivity index (χ1) is 4.31. The molecule has 0 aromatic carbocycles. The molecule has 0 amide bonds. The van der Waals surface area contributed by atoms with E-state index in [1.165, 1.54) is 0 Å². The summed E-state index contributed by atoms with van der Waals surface area (Å²) >= 11 is 5.45. The average molecular weight is 151 g/mol. The molecule has 1 unspecified atom stereocenters. The highest BCUT2D eigenvalue weighted by molar-refractivity contribution is 6.17. The summed E-state index contributed by atoms with van der Waals surface area (Å²) in [6, 6.07) is 0. The van der Waals surface area contributed by atoms with Gasteiger partial charge < -0.3 is 4.74 Å². The number of halogens is 1. The molecule has 0 saturated carbocycles. The SMILES string of the molecule is CCC(C)OCCCCl. The maximum atomic E-state index is 5.45. The zero-order valence-electron chi connectivity index (χ0n) is 6.19. The molecular formula is C7H15ClO. The molecule has 0 bridgehead atoms. The third-order valence-electron chi connectivity index (χ3n) is 1.26. The van der Waals surface area contributed by atoms with Crippen LogP contribution in [0.25, 0.3) is 0 Å². The molecule has 1 nitrogen and oxygen atoms in total. The minimum Gasteiger partial charge on any atom is -0.378 e. The maximum Gasteiger partial charge on any atom is 0.0544 e. The van der Waals surface area contributed by atoms with Crippen molar-refractivity contribution in [2.45, 2.75) is 32.8 Å². The van der Waals surface area contributed by atoms with Crippen molar-refractivity contribution in [3.8, 4) is 0 Å². The van der Waals surface area contributed by atoms with Gasteiger partial charge in [-0.1, -0.05) is 6.92 Å². The smallest absolute Gasteiger partial charge is 0.0544 e. The average Bonchev–Trinajstić information content (AvgIpc) is 1.89. The molecule has 0 spiro atoms. The molecule has 0 aliphatic heterocycles. The van der Waals surface area contributed by atoms with Crippen LogP contribution in [-0.2, 0) is 4.74 Å². The van der Waals surface area contributed by atoms with Gasteiger partial charge in [-0.15, -0.1) is 11.6 Å². The quantitative estimate of drug-likeness (QED) is 0.432. The van der Waals surface area contributed by atoms with Crippen molar-refractivity contribution >= 4 is 11.6 Å². The summed E-state index contributed by atoms with van der Waals surface area (Å²) in [6.45, 7) is 5.00. The zero-order chi connectivity index (χ0) is 7.11. The summed E-state index contributed by atoms with van der Waals surface area (Å²) in [5.74, 6) is 0.705. The predicted octanol–water partition coefficient (Wildman–Crippen LogP) is 2.43. The molecular weight excluding hydrogens is 136 g/mol. The van der Waals surface area contributed by atoms with Crippen LogP contribution in [0.1, 0.15) is 26.7 Å². The fourth-order valence-corrected chi connectivity index (χ4v) is 0.566. The van der Waals surface area contributed by atoms with E-state index in [0.29, 0.717) is 12.0 Å². The van der Waals surface area contributed by atoms with Crippen molar-refractivity contribution < 1.29 is 4.74 Å². The maximum absolute atomic E-state index is 5.45. The van der Waals surface area contributed by atoms with E-state index in [2.05, 4.69) is 13.8 Å². The van der Waals surface area contributed by atoms with Gasteiger partial charge in [0, 0.05) is 12.5 Å². The summed E-state index contributed by atoms with van der Waals surface area (Å²) < 4.78 is 5.35. The first-order valence-corrected chi connectivity index (χ1v) is 4.02. The van der Waals surface area contributed by atoms with Crippen molar-refractivity contribution in [3.63, 3.8) is 0 Å². The predicted molar refractivity (Wildman–Crippen MR) is 41.0 cm³/mol. The van der Waals surface area contributed by atoms with Gasteiger partial charge in [0.05, 0.1) is 6.10 Å². The van der Waals surface area contributed by atoms with Gasteiger partial charge in [-0.3, -0.25) is 0 Å². The molecule has 0 aliphatic rings. The van der Waals surface area contributed by atoms with Gasteiger partial charge in [0.2, 0.25) is 0 Å². The molecule has 56 valence electrons. The Labute approximate surface area is 62.3 Å². The highest BCUT2D eigenvalue weighted by Crippen LogP contribution is 1.96. The molecule has 1 atom stereocenters. The molecule has 0 heterocycles. The van der Waals surface area contributed by atoms with Gasteiger partial charge in [0.25, 0.3) is 0 Å². The molecule has 0 aliphatic carbocycles. The van der Waals surface area contributed by atoms with E-state index in [0.717, 1.165) is 19.4 Å². The molecule has 0 N–H and O–H groups in total. The number of rotatable bonds is 5. The topological polar surface area (TPSA) is 9.23 Å². The Hall–Kier alpha value is 0.250. The number of hydrogen-bond acceptors (Lipinski definition) is 1. The van der Waals surface area contributed by atoms with Crippen LogP contribution in [0.3, 0.4) is 0 Å². The van der Waals surface area contributed by atoms with E-state index < -0.39 is 0 Å². The second-order valence-corrected chi connectivity index (χ2v) is 2.51. The Kier molecular flexibility index (Phi) is 6.55. The highest BCUT2D eigenvalue weighted by Gasteiger charge is 1.95. The van der Waals surface area contributed by atoms with Crippen LogP contribution in [0, 0.1) is 0 Å². The molecule has 0 saturated heterocycles. The lowest BCUT2D eigenvalue weighted by molar-refractivity contribution is 0.0645. The van der Waals surface area contributed by atoms with E-state index in [4.69, 9.17) is 16.3 Å². The largest absolute Gasteiger partial charge is 0.378 e. The highest BCUT2D eigenvalue weighted by atomic mass is 35.5. The van der Waals surface area contributed by atoms with Gasteiger partial charge in [-0.25, -0.2) is 0 Å². The lowest BCUT2D eigenvalue weighted by Crippen LogP contribution is -2.07. The van der Waals surface area contributed by atoms with E-state index in [-0.39, 0.29) is 0 Å². The molecule has 0 rings (SSSR count). The second kappa shape index (κ2) is 6.37. The molecule has 0 aromatic heterocycles. The summed E-state index contributed by atoms with van der Waals surface area (Å²) in [5, 5.41) is 0. The minimum atomic E-state index is 0.396. The van der Waals surface area contributed by atoms with Crippen molar-refractivity contribution in [2.24, 2.45) is 0 Å². The summed E-state index contributed by atoms with van der Waals surface area (Å²) in [4.78, 5) is 0. The Balaban J connectivity index is 2.88. The lowest BCUT2D eigenvalue weighted by atomic mass is 10.3. The minimum absolute atomic E-state index is 0.396. The standard InChI is InChI=1S/C7H15ClO/c1-3-7(2)9-6-4-5-8/h7H,3-6H2,1-2H3.